The topological polar surface area (TPSA) is 49.4 Å². The number of para-hydroxylation sites is 1. The van der Waals surface area contributed by atoms with E-state index in [0.717, 1.165) is 13.1 Å². The van der Waals surface area contributed by atoms with Crippen molar-refractivity contribution in [1.29, 1.82) is 0 Å². The van der Waals surface area contributed by atoms with Gasteiger partial charge in [-0.05, 0) is 31.2 Å². The van der Waals surface area contributed by atoms with Crippen molar-refractivity contribution in [1.82, 2.24) is 4.90 Å². The molecule has 0 atom stereocenters. The number of anilines is 1. The number of hydrogen-bond donors (Lipinski definition) is 1. The van der Waals surface area contributed by atoms with Gasteiger partial charge in [0.1, 0.15) is 0 Å². The fourth-order valence-corrected chi connectivity index (χ4v) is 2.41. The molecule has 2 aromatic carbocycles. The Morgan fingerprint density at radius 1 is 1.00 bits per heavy atom. The molecule has 4 heteroatoms. The second kappa shape index (κ2) is 8.25. The molecule has 0 bridgehead atoms. The third kappa shape index (κ3) is 5.04. The van der Waals surface area contributed by atoms with Gasteiger partial charge in [-0.1, -0.05) is 49.4 Å². The third-order valence-corrected chi connectivity index (χ3v) is 3.64. The Balaban J connectivity index is 1.99. The molecule has 1 N–H and O–H groups in total. The number of rotatable bonds is 7. The average Bonchev–Trinajstić information content (AvgIpc) is 2.55. The minimum absolute atomic E-state index is 0.0578. The molecule has 1 amide bonds. The van der Waals surface area contributed by atoms with Gasteiger partial charge in [-0.25, -0.2) is 0 Å². The summed E-state index contributed by atoms with van der Waals surface area (Å²) in [7, 11) is 0. The van der Waals surface area contributed by atoms with Crippen LogP contribution in [-0.4, -0.2) is 29.7 Å². The van der Waals surface area contributed by atoms with E-state index in [2.05, 4.69) is 10.2 Å². The minimum Gasteiger partial charge on any atom is -0.324 e. The maximum absolute atomic E-state index is 12.3. The SMILES string of the molecule is CCN(CC(=O)Nc1ccccc1C(C)=O)Cc1ccccc1. The summed E-state index contributed by atoms with van der Waals surface area (Å²) >= 11 is 0. The highest BCUT2D eigenvalue weighted by Crippen LogP contribution is 2.15. The van der Waals surface area contributed by atoms with Crippen molar-refractivity contribution in [3.05, 3.63) is 65.7 Å². The summed E-state index contributed by atoms with van der Waals surface area (Å²) < 4.78 is 0. The number of nitrogens with one attached hydrogen (secondary N) is 1. The van der Waals surface area contributed by atoms with Gasteiger partial charge >= 0.3 is 0 Å². The first-order valence-electron chi connectivity index (χ1n) is 7.76. The molecule has 4 nitrogen and oxygen atoms in total. The van der Waals surface area contributed by atoms with Gasteiger partial charge in [0.15, 0.2) is 5.78 Å². The molecule has 0 saturated carbocycles. The first-order valence-corrected chi connectivity index (χ1v) is 7.76. The molecule has 0 heterocycles. The summed E-state index contributed by atoms with van der Waals surface area (Å²) in [6, 6.07) is 17.1. The van der Waals surface area contributed by atoms with Gasteiger partial charge < -0.3 is 5.32 Å². The molecule has 2 aromatic rings. The Hall–Kier alpha value is -2.46. The van der Waals surface area contributed by atoms with Gasteiger partial charge in [-0.15, -0.1) is 0 Å². The van der Waals surface area contributed by atoms with Gasteiger partial charge in [0.05, 0.1) is 12.2 Å². The number of ketones is 1. The number of hydrogen-bond acceptors (Lipinski definition) is 3. The average molecular weight is 310 g/mol. The van der Waals surface area contributed by atoms with Crippen molar-refractivity contribution in [3.63, 3.8) is 0 Å². The highest BCUT2D eigenvalue weighted by molar-refractivity contribution is 6.04. The highest BCUT2D eigenvalue weighted by Gasteiger charge is 2.13. The first kappa shape index (κ1) is 16.9. The van der Waals surface area contributed by atoms with E-state index in [-0.39, 0.29) is 18.2 Å². The summed E-state index contributed by atoms with van der Waals surface area (Å²) in [5, 5.41) is 2.84. The zero-order chi connectivity index (χ0) is 16.7. The molecule has 0 aromatic heterocycles. The van der Waals surface area contributed by atoms with Crippen LogP contribution in [0.15, 0.2) is 54.6 Å². The fraction of sp³-hybridized carbons (Fsp3) is 0.263. The van der Waals surface area contributed by atoms with Gasteiger partial charge in [0, 0.05) is 12.1 Å². The van der Waals surface area contributed by atoms with Crippen LogP contribution in [0.2, 0.25) is 0 Å². The Labute approximate surface area is 137 Å². The molecule has 0 aliphatic heterocycles. The van der Waals surface area contributed by atoms with Gasteiger partial charge in [0.2, 0.25) is 5.91 Å². The van der Waals surface area contributed by atoms with Crippen molar-refractivity contribution in [2.45, 2.75) is 20.4 Å². The van der Waals surface area contributed by atoms with E-state index in [1.807, 2.05) is 43.3 Å². The lowest BCUT2D eigenvalue weighted by molar-refractivity contribution is -0.117. The van der Waals surface area contributed by atoms with Crippen LogP contribution < -0.4 is 5.32 Å². The zero-order valence-electron chi connectivity index (χ0n) is 13.6. The van der Waals surface area contributed by atoms with Gasteiger partial charge in [-0.3, -0.25) is 14.5 Å². The molecule has 23 heavy (non-hydrogen) atoms. The van der Waals surface area contributed by atoms with Gasteiger partial charge in [-0.2, -0.15) is 0 Å². The van der Waals surface area contributed by atoms with E-state index >= 15 is 0 Å². The lowest BCUT2D eigenvalue weighted by Gasteiger charge is -2.20. The van der Waals surface area contributed by atoms with Crippen molar-refractivity contribution in [3.8, 4) is 0 Å². The molecular weight excluding hydrogens is 288 g/mol. The maximum Gasteiger partial charge on any atom is 0.238 e. The number of Topliss-reactive ketones (excluding diaryl/α,β-unsaturated/α-hetero) is 1. The molecule has 0 fully saturated rings. The lowest BCUT2D eigenvalue weighted by Crippen LogP contribution is -2.33. The molecule has 0 spiro atoms. The second-order valence-electron chi connectivity index (χ2n) is 5.44. The molecule has 0 radical (unpaired) electrons. The third-order valence-electron chi connectivity index (χ3n) is 3.64. The standard InChI is InChI=1S/C19H22N2O2/c1-3-21(13-16-9-5-4-6-10-16)14-19(23)20-18-12-8-7-11-17(18)15(2)22/h4-12H,3,13-14H2,1-2H3,(H,20,23). The number of nitrogens with zero attached hydrogens (tertiary/aromatic N) is 1. The number of benzene rings is 2. The van der Waals surface area contributed by atoms with Crippen molar-refractivity contribution < 1.29 is 9.59 Å². The van der Waals surface area contributed by atoms with E-state index in [9.17, 15) is 9.59 Å². The number of amides is 1. The van der Waals surface area contributed by atoms with Crippen molar-refractivity contribution in [2.75, 3.05) is 18.4 Å². The van der Waals surface area contributed by atoms with Crippen molar-refractivity contribution >= 4 is 17.4 Å². The van der Waals surface area contributed by atoms with Crippen LogP contribution >= 0.6 is 0 Å². The first-order chi connectivity index (χ1) is 11.1. The van der Waals surface area contributed by atoms with Crippen LogP contribution in [0.3, 0.4) is 0 Å². The Morgan fingerprint density at radius 2 is 1.65 bits per heavy atom. The normalized spacial score (nSPS) is 10.6. The quantitative estimate of drug-likeness (QED) is 0.798. The van der Waals surface area contributed by atoms with E-state index in [1.54, 1.807) is 18.2 Å². The second-order valence-corrected chi connectivity index (χ2v) is 5.44. The minimum atomic E-state index is -0.114. The molecule has 0 aliphatic carbocycles. The van der Waals surface area contributed by atoms with Crippen LogP contribution in [-0.2, 0) is 11.3 Å². The monoisotopic (exact) mass is 310 g/mol. The van der Waals surface area contributed by atoms with E-state index in [4.69, 9.17) is 0 Å². The Bertz CT molecular complexity index is 668. The Morgan fingerprint density at radius 3 is 2.30 bits per heavy atom. The van der Waals surface area contributed by atoms with Crippen LogP contribution in [0.4, 0.5) is 5.69 Å². The van der Waals surface area contributed by atoms with E-state index in [0.29, 0.717) is 11.3 Å². The summed E-state index contributed by atoms with van der Waals surface area (Å²) in [4.78, 5) is 25.9. The van der Waals surface area contributed by atoms with E-state index < -0.39 is 0 Å². The van der Waals surface area contributed by atoms with Crippen LogP contribution in [0.5, 0.6) is 0 Å². The van der Waals surface area contributed by atoms with E-state index in [1.165, 1.54) is 12.5 Å². The number of carbonyl (C=O) groups excluding carboxylic acids is 2. The predicted octanol–water partition coefficient (Wildman–Crippen LogP) is 3.35. The predicted molar refractivity (Wildman–Crippen MR) is 92.5 cm³/mol. The summed E-state index contributed by atoms with van der Waals surface area (Å²) in [5.41, 5.74) is 2.28. The molecule has 120 valence electrons. The lowest BCUT2D eigenvalue weighted by atomic mass is 10.1. The molecule has 0 saturated heterocycles. The fourth-order valence-electron chi connectivity index (χ4n) is 2.41. The van der Waals surface area contributed by atoms with Crippen LogP contribution in [0, 0.1) is 0 Å². The maximum atomic E-state index is 12.3. The van der Waals surface area contributed by atoms with Crippen LogP contribution in [0.25, 0.3) is 0 Å². The zero-order valence-corrected chi connectivity index (χ0v) is 13.6. The molecule has 2 rings (SSSR count). The smallest absolute Gasteiger partial charge is 0.238 e. The molecular formula is C19H22N2O2. The van der Waals surface area contributed by atoms with Gasteiger partial charge in [0.25, 0.3) is 0 Å². The summed E-state index contributed by atoms with van der Waals surface area (Å²) in [5.74, 6) is -0.172. The number of carbonyl (C=O) groups is 2. The van der Waals surface area contributed by atoms with Crippen molar-refractivity contribution in [2.24, 2.45) is 0 Å². The number of likely N-dealkylation sites (N-methyl/N-ethyl adjacent to an activating group) is 1. The summed E-state index contributed by atoms with van der Waals surface area (Å²) in [6.45, 7) is 5.31. The summed E-state index contributed by atoms with van der Waals surface area (Å²) in [6.07, 6.45) is 0. The Kier molecular flexibility index (Phi) is 6.06. The molecule has 0 aliphatic rings. The van der Waals surface area contributed by atoms with Crippen LogP contribution in [0.1, 0.15) is 29.8 Å². The largest absolute Gasteiger partial charge is 0.324 e. The highest BCUT2D eigenvalue weighted by atomic mass is 16.2. The molecule has 0 unspecified atom stereocenters.